The van der Waals surface area contributed by atoms with Crippen LogP contribution in [0.15, 0.2) is 78.9 Å². The number of ether oxygens (including phenoxy) is 2. The van der Waals surface area contributed by atoms with Crippen molar-refractivity contribution in [3.05, 3.63) is 90.0 Å². The van der Waals surface area contributed by atoms with Gasteiger partial charge in [0.15, 0.2) is 6.61 Å². The molecule has 4 rings (SSSR count). The predicted molar refractivity (Wildman–Crippen MR) is 134 cm³/mol. The van der Waals surface area contributed by atoms with Crippen LogP contribution in [0.4, 0.5) is 11.4 Å². The van der Waals surface area contributed by atoms with Gasteiger partial charge in [0.25, 0.3) is 5.91 Å². The lowest BCUT2D eigenvalue weighted by Crippen LogP contribution is -2.39. The largest absolute Gasteiger partial charge is 0.493 e. The Morgan fingerprint density at radius 3 is 2.68 bits per heavy atom. The molecule has 0 unspecified atom stereocenters. The van der Waals surface area contributed by atoms with E-state index in [0.29, 0.717) is 30.3 Å². The lowest BCUT2D eigenvalue weighted by atomic mass is 10.2. The van der Waals surface area contributed by atoms with Crippen molar-refractivity contribution in [1.29, 1.82) is 0 Å². The second-order valence-electron chi connectivity index (χ2n) is 8.07. The summed E-state index contributed by atoms with van der Waals surface area (Å²) in [7, 11) is 0. The molecule has 3 aromatic carbocycles. The van der Waals surface area contributed by atoms with Crippen LogP contribution >= 0.6 is 0 Å². The average Bonchev–Trinajstić information content (AvgIpc) is 2.85. The van der Waals surface area contributed by atoms with E-state index in [9.17, 15) is 9.59 Å². The molecule has 0 atom stereocenters. The van der Waals surface area contributed by atoms with Gasteiger partial charge in [-0.2, -0.15) is 0 Å². The molecule has 1 N–H and O–H groups in total. The zero-order valence-electron chi connectivity index (χ0n) is 19.2. The minimum atomic E-state index is -0.244. The number of benzene rings is 3. The molecule has 174 valence electrons. The van der Waals surface area contributed by atoms with E-state index in [1.54, 1.807) is 29.2 Å². The van der Waals surface area contributed by atoms with Crippen LogP contribution in [0.1, 0.15) is 24.0 Å². The summed E-state index contributed by atoms with van der Waals surface area (Å²) in [6, 6.07) is 22.9. The second kappa shape index (κ2) is 11.2. The Labute approximate surface area is 199 Å². The Balaban J connectivity index is 1.34. The Hall–Kier alpha value is -4.06. The molecule has 0 radical (unpaired) electrons. The number of nitrogens with one attached hydrogen (secondary N) is 1. The fraction of sp³-hybridized carbons (Fsp3) is 0.214. The van der Waals surface area contributed by atoms with Gasteiger partial charge in [0.05, 0.1) is 12.3 Å². The van der Waals surface area contributed by atoms with Crippen molar-refractivity contribution in [1.82, 2.24) is 0 Å². The number of hydrogen-bond acceptors (Lipinski definition) is 4. The molecular weight excluding hydrogens is 428 g/mol. The van der Waals surface area contributed by atoms with Gasteiger partial charge < -0.3 is 19.7 Å². The van der Waals surface area contributed by atoms with E-state index in [2.05, 4.69) is 5.32 Å². The van der Waals surface area contributed by atoms with Crippen molar-refractivity contribution >= 4 is 29.3 Å². The first-order valence-corrected chi connectivity index (χ1v) is 11.4. The van der Waals surface area contributed by atoms with Crippen molar-refractivity contribution in [2.45, 2.75) is 19.8 Å². The number of aryl methyl sites for hydroxylation is 1. The Bertz CT molecular complexity index is 1170. The molecule has 0 spiro atoms. The first kappa shape index (κ1) is 23.1. The highest BCUT2D eigenvalue weighted by Crippen LogP contribution is 2.34. The molecule has 1 aliphatic heterocycles. The maximum atomic E-state index is 12.6. The number of amides is 2. The van der Waals surface area contributed by atoms with Crippen LogP contribution in [-0.4, -0.2) is 31.6 Å². The molecular formula is C28H28N2O4. The fourth-order valence-electron chi connectivity index (χ4n) is 3.72. The van der Waals surface area contributed by atoms with Crippen LogP contribution in [0.3, 0.4) is 0 Å². The van der Waals surface area contributed by atoms with Crippen LogP contribution in [0.2, 0.25) is 0 Å². The molecule has 3 aromatic rings. The lowest BCUT2D eigenvalue weighted by molar-refractivity contribution is -0.121. The molecule has 6 heteroatoms. The molecule has 1 aliphatic rings. The maximum Gasteiger partial charge on any atom is 0.265 e. The van der Waals surface area contributed by atoms with Crippen LogP contribution in [0.5, 0.6) is 11.5 Å². The third kappa shape index (κ3) is 6.04. The van der Waals surface area contributed by atoms with E-state index in [1.165, 1.54) is 6.08 Å². The number of nitrogens with zero attached hydrogens (tertiary/aromatic N) is 1. The van der Waals surface area contributed by atoms with E-state index in [-0.39, 0.29) is 18.4 Å². The number of hydrogen-bond donors (Lipinski definition) is 1. The number of fused-ring (bicyclic) bond motifs is 1. The second-order valence-corrected chi connectivity index (χ2v) is 8.07. The number of carbonyl (C=O) groups excluding carboxylic acids is 2. The summed E-state index contributed by atoms with van der Waals surface area (Å²) in [6.45, 7) is 3.17. The van der Waals surface area contributed by atoms with Crippen LogP contribution in [-0.2, 0) is 9.59 Å². The normalized spacial score (nSPS) is 12.9. The van der Waals surface area contributed by atoms with Gasteiger partial charge in [-0.1, -0.05) is 48.5 Å². The lowest BCUT2D eigenvalue weighted by Gasteiger charge is -2.30. The van der Waals surface area contributed by atoms with Crippen LogP contribution in [0.25, 0.3) is 6.08 Å². The van der Waals surface area contributed by atoms with Gasteiger partial charge >= 0.3 is 0 Å². The Morgan fingerprint density at radius 1 is 1.06 bits per heavy atom. The van der Waals surface area contributed by atoms with Crippen molar-refractivity contribution in [2.75, 3.05) is 30.0 Å². The molecule has 1 heterocycles. The van der Waals surface area contributed by atoms with Crippen molar-refractivity contribution in [3.63, 3.8) is 0 Å². The number of carbonyl (C=O) groups is 2. The quantitative estimate of drug-likeness (QED) is 0.354. The van der Waals surface area contributed by atoms with Gasteiger partial charge in [-0.25, -0.2) is 0 Å². The zero-order valence-corrected chi connectivity index (χ0v) is 19.2. The first-order valence-electron chi connectivity index (χ1n) is 11.4. The SMILES string of the molecule is Cc1ccccc1OCCCCN1C(=O)COc2ccc(NC(=O)/C=C/c3ccccc3)cc21. The minimum absolute atomic E-state index is 0.0121. The summed E-state index contributed by atoms with van der Waals surface area (Å²) < 4.78 is 11.4. The Kier molecular flexibility index (Phi) is 7.60. The summed E-state index contributed by atoms with van der Waals surface area (Å²) in [5, 5.41) is 2.86. The monoisotopic (exact) mass is 456 g/mol. The van der Waals surface area contributed by atoms with Crippen LogP contribution < -0.4 is 19.7 Å². The number of rotatable bonds is 9. The van der Waals surface area contributed by atoms with Gasteiger partial charge in [0.2, 0.25) is 5.91 Å². The smallest absolute Gasteiger partial charge is 0.265 e. The number of anilines is 2. The van der Waals surface area contributed by atoms with E-state index >= 15 is 0 Å². The van der Waals surface area contributed by atoms with E-state index in [0.717, 1.165) is 29.7 Å². The van der Waals surface area contributed by atoms with Crippen molar-refractivity contribution in [2.24, 2.45) is 0 Å². The summed E-state index contributed by atoms with van der Waals surface area (Å²) in [5.74, 6) is 1.18. The molecule has 0 fully saturated rings. The topological polar surface area (TPSA) is 67.9 Å². The van der Waals surface area contributed by atoms with Gasteiger partial charge in [0.1, 0.15) is 11.5 Å². The summed E-state index contributed by atoms with van der Waals surface area (Å²) in [6.07, 6.45) is 4.84. The first-order chi connectivity index (χ1) is 16.6. The van der Waals surface area contributed by atoms with E-state index in [4.69, 9.17) is 9.47 Å². The van der Waals surface area contributed by atoms with Crippen LogP contribution in [0, 0.1) is 6.92 Å². The van der Waals surface area contributed by atoms with Gasteiger partial charge in [-0.05, 0) is 61.2 Å². The molecule has 2 amide bonds. The van der Waals surface area contributed by atoms with Crippen molar-refractivity contribution < 1.29 is 19.1 Å². The standard InChI is InChI=1S/C28H28N2O4/c1-21-9-5-6-12-25(21)33-18-8-7-17-30-24-19-23(14-15-26(24)34-20-28(30)32)29-27(31)16-13-22-10-3-2-4-11-22/h2-6,9-16,19H,7-8,17-18,20H2,1H3,(H,29,31)/b16-13+. The number of para-hydroxylation sites is 1. The average molecular weight is 457 g/mol. The highest BCUT2D eigenvalue weighted by molar-refractivity contribution is 6.03. The molecule has 6 nitrogen and oxygen atoms in total. The molecule has 34 heavy (non-hydrogen) atoms. The summed E-state index contributed by atoms with van der Waals surface area (Å²) in [5.41, 5.74) is 3.32. The van der Waals surface area contributed by atoms with E-state index in [1.807, 2.05) is 61.5 Å². The fourth-order valence-corrected chi connectivity index (χ4v) is 3.72. The van der Waals surface area contributed by atoms with Gasteiger partial charge in [-0.3, -0.25) is 9.59 Å². The third-order valence-corrected chi connectivity index (χ3v) is 5.52. The van der Waals surface area contributed by atoms with Gasteiger partial charge in [-0.15, -0.1) is 0 Å². The summed E-state index contributed by atoms with van der Waals surface area (Å²) >= 11 is 0. The minimum Gasteiger partial charge on any atom is -0.493 e. The highest BCUT2D eigenvalue weighted by atomic mass is 16.5. The molecule has 0 aliphatic carbocycles. The maximum absolute atomic E-state index is 12.6. The predicted octanol–water partition coefficient (Wildman–Crippen LogP) is 5.23. The van der Waals surface area contributed by atoms with E-state index < -0.39 is 0 Å². The summed E-state index contributed by atoms with van der Waals surface area (Å²) in [4.78, 5) is 26.6. The van der Waals surface area contributed by atoms with Crippen molar-refractivity contribution in [3.8, 4) is 11.5 Å². The highest BCUT2D eigenvalue weighted by Gasteiger charge is 2.25. The molecule has 0 bridgehead atoms. The van der Waals surface area contributed by atoms with Gasteiger partial charge in [0, 0.05) is 18.3 Å². The Morgan fingerprint density at radius 2 is 1.85 bits per heavy atom. The third-order valence-electron chi connectivity index (χ3n) is 5.52. The molecule has 0 aromatic heterocycles. The molecule has 0 saturated heterocycles. The molecule has 0 saturated carbocycles. The zero-order chi connectivity index (χ0) is 23.8. The number of unbranched alkanes of at least 4 members (excludes halogenated alkanes) is 1.